The lowest BCUT2D eigenvalue weighted by molar-refractivity contribution is -0.335. The number of esters is 2. The van der Waals surface area contributed by atoms with Crippen LogP contribution in [0.4, 0.5) is 0 Å². The van der Waals surface area contributed by atoms with Gasteiger partial charge in [-0.05, 0) is 85.4 Å². The molecule has 0 aromatic carbocycles. The maximum absolute atomic E-state index is 13.1. The van der Waals surface area contributed by atoms with Crippen molar-refractivity contribution in [1.82, 2.24) is 0 Å². The van der Waals surface area contributed by atoms with Crippen molar-refractivity contribution in [3.05, 3.63) is 12.2 Å². The lowest BCUT2D eigenvalue weighted by atomic mass is 9.30. The Hall–Kier alpha value is -1.32. The summed E-state index contributed by atoms with van der Waals surface area (Å²) in [6.07, 6.45) is 13.8. The first-order chi connectivity index (χ1) is 16.7. The lowest BCUT2D eigenvalue weighted by Gasteiger charge is -2.76. The van der Waals surface area contributed by atoms with E-state index in [1.54, 1.807) is 6.92 Å². The van der Waals surface area contributed by atoms with Crippen molar-refractivity contribution >= 4 is 11.9 Å². The number of rotatable bonds is 1. The van der Waals surface area contributed by atoms with Gasteiger partial charge >= 0.3 is 11.9 Å². The molecule has 11 atom stereocenters. The minimum Gasteiger partial charge on any atom is -0.462 e. The molecule has 1 heterocycles. The fraction of sp³-hybridized carbons (Fsp3) is 0.875. The summed E-state index contributed by atoms with van der Waals surface area (Å²) in [5, 5.41) is 0. The molecule has 4 nitrogen and oxygen atoms in total. The Labute approximate surface area is 218 Å². The summed E-state index contributed by atoms with van der Waals surface area (Å²) in [4.78, 5) is 25.0. The molecule has 6 aliphatic rings. The van der Waals surface area contributed by atoms with E-state index < -0.39 is 0 Å². The molecule has 4 saturated carbocycles. The van der Waals surface area contributed by atoms with Gasteiger partial charge in [-0.3, -0.25) is 9.59 Å². The molecule has 0 radical (unpaired) electrons. The Morgan fingerprint density at radius 2 is 1.56 bits per heavy atom. The Morgan fingerprint density at radius 1 is 0.889 bits per heavy atom. The molecule has 200 valence electrons. The minimum absolute atomic E-state index is 0.00138. The molecule has 6 rings (SSSR count). The molecule has 0 N–H and O–H groups in total. The SMILES string of the molecule is CC(=O)O[C@H]1CC[C@]2(C)[C@H]3C=C[C@@H]4[C@@]56OC(=O)[C@@]5(CC[C@@H](C)[C@@H]6C)CC[C@@]4(C)[C@]3(C)CC[C@H]2C1(C)C. The number of carbonyl (C=O) groups excluding carboxylic acids is 2. The normalized spacial score (nSPS) is 56.5. The Morgan fingerprint density at radius 3 is 2.22 bits per heavy atom. The molecule has 0 aromatic heterocycles. The molecule has 0 amide bonds. The zero-order chi connectivity index (χ0) is 26.1. The van der Waals surface area contributed by atoms with Gasteiger partial charge in [-0.1, -0.05) is 60.6 Å². The predicted molar refractivity (Wildman–Crippen MR) is 140 cm³/mol. The fourth-order valence-electron chi connectivity index (χ4n) is 11.8. The van der Waals surface area contributed by atoms with E-state index in [1.807, 2.05) is 0 Å². The van der Waals surface area contributed by atoms with Crippen LogP contribution >= 0.6 is 0 Å². The summed E-state index contributed by atoms with van der Waals surface area (Å²) in [7, 11) is 0. The molecular weight excluding hydrogens is 448 g/mol. The number of hydrogen-bond acceptors (Lipinski definition) is 4. The van der Waals surface area contributed by atoms with Crippen LogP contribution in [0.15, 0.2) is 12.2 Å². The van der Waals surface area contributed by atoms with Crippen molar-refractivity contribution in [2.45, 2.75) is 118 Å². The summed E-state index contributed by atoms with van der Waals surface area (Å²) in [5.74, 6) is 2.20. The molecule has 1 aliphatic heterocycles. The summed E-state index contributed by atoms with van der Waals surface area (Å²) in [6, 6.07) is 0. The first-order valence-corrected chi connectivity index (χ1v) is 14.8. The maximum Gasteiger partial charge on any atom is 0.316 e. The van der Waals surface area contributed by atoms with Crippen molar-refractivity contribution in [2.24, 2.45) is 56.7 Å². The maximum atomic E-state index is 13.1. The molecule has 5 fully saturated rings. The third-order valence-electron chi connectivity index (χ3n) is 14.1. The van der Waals surface area contributed by atoms with Crippen molar-refractivity contribution in [2.75, 3.05) is 0 Å². The van der Waals surface area contributed by atoms with Crippen LogP contribution in [-0.2, 0) is 19.1 Å². The van der Waals surface area contributed by atoms with Crippen molar-refractivity contribution in [3.63, 3.8) is 0 Å². The van der Waals surface area contributed by atoms with Crippen molar-refractivity contribution in [3.8, 4) is 0 Å². The largest absolute Gasteiger partial charge is 0.462 e. The summed E-state index contributed by atoms with van der Waals surface area (Å²) in [6.45, 7) is 18.7. The summed E-state index contributed by atoms with van der Waals surface area (Å²) >= 11 is 0. The van der Waals surface area contributed by atoms with Gasteiger partial charge in [0.25, 0.3) is 0 Å². The van der Waals surface area contributed by atoms with Crippen LogP contribution < -0.4 is 0 Å². The molecule has 0 aromatic rings. The van der Waals surface area contributed by atoms with Gasteiger partial charge in [0.2, 0.25) is 0 Å². The zero-order valence-corrected chi connectivity index (χ0v) is 23.9. The van der Waals surface area contributed by atoms with Gasteiger partial charge < -0.3 is 9.47 Å². The van der Waals surface area contributed by atoms with Crippen LogP contribution in [0.2, 0.25) is 0 Å². The fourth-order valence-corrected chi connectivity index (χ4v) is 11.8. The van der Waals surface area contributed by atoms with Gasteiger partial charge in [0.1, 0.15) is 17.1 Å². The van der Waals surface area contributed by atoms with Gasteiger partial charge in [0, 0.05) is 24.2 Å². The monoisotopic (exact) mass is 496 g/mol. The number of allylic oxidation sites excluding steroid dienone is 1. The second kappa shape index (κ2) is 7.20. The highest BCUT2D eigenvalue weighted by atomic mass is 16.6. The molecule has 5 aliphatic carbocycles. The van der Waals surface area contributed by atoms with Gasteiger partial charge in [-0.15, -0.1) is 0 Å². The van der Waals surface area contributed by atoms with Crippen LogP contribution in [0, 0.1) is 56.7 Å². The first-order valence-electron chi connectivity index (χ1n) is 14.8. The number of ether oxygens (including phenoxy) is 2. The van der Waals surface area contributed by atoms with Crippen LogP contribution in [0.1, 0.15) is 107 Å². The standard InChI is InChI=1S/C32H48O4/c1-19-11-16-31-18-17-30(8)24(32(31,20(19)2)36-26(31)34)10-9-23-28(6)14-13-25(35-21(3)33)27(4,5)22(28)12-15-29(23,30)7/h9-10,19-20,22-25H,11-18H2,1-8H3/t19-,20+,22+,23-,24+,25+,28+,29-,30-,31-,32-/m1/s1. The van der Waals surface area contributed by atoms with Crippen molar-refractivity contribution in [1.29, 1.82) is 0 Å². The van der Waals surface area contributed by atoms with Crippen LogP contribution in [0.5, 0.6) is 0 Å². The van der Waals surface area contributed by atoms with Gasteiger partial charge in [0.15, 0.2) is 0 Å². The quantitative estimate of drug-likeness (QED) is 0.287. The van der Waals surface area contributed by atoms with E-state index in [9.17, 15) is 9.59 Å². The van der Waals surface area contributed by atoms with E-state index in [-0.39, 0.29) is 50.7 Å². The van der Waals surface area contributed by atoms with Crippen LogP contribution in [0.3, 0.4) is 0 Å². The van der Waals surface area contributed by atoms with Crippen LogP contribution in [0.25, 0.3) is 0 Å². The number of fused-ring (bicyclic) bond motifs is 5. The third kappa shape index (κ3) is 2.54. The summed E-state index contributed by atoms with van der Waals surface area (Å²) in [5.41, 5.74) is -0.197. The molecule has 0 unspecified atom stereocenters. The zero-order valence-electron chi connectivity index (χ0n) is 23.9. The molecule has 4 heteroatoms. The van der Waals surface area contributed by atoms with E-state index >= 15 is 0 Å². The molecule has 1 saturated heterocycles. The van der Waals surface area contributed by atoms with E-state index in [4.69, 9.17) is 9.47 Å². The highest BCUT2D eigenvalue weighted by Gasteiger charge is 2.81. The smallest absolute Gasteiger partial charge is 0.316 e. The first kappa shape index (κ1) is 25.0. The third-order valence-corrected chi connectivity index (χ3v) is 14.1. The van der Waals surface area contributed by atoms with Gasteiger partial charge in [-0.2, -0.15) is 0 Å². The van der Waals surface area contributed by atoms with Gasteiger partial charge in [0.05, 0.1) is 0 Å². The van der Waals surface area contributed by atoms with Gasteiger partial charge in [-0.25, -0.2) is 0 Å². The molecule has 0 spiro atoms. The van der Waals surface area contributed by atoms with E-state index in [1.165, 1.54) is 12.8 Å². The minimum atomic E-state index is -0.330. The summed E-state index contributed by atoms with van der Waals surface area (Å²) < 4.78 is 12.3. The Balaban J connectivity index is 1.43. The van der Waals surface area contributed by atoms with Crippen LogP contribution in [-0.4, -0.2) is 23.6 Å². The molecule has 36 heavy (non-hydrogen) atoms. The van der Waals surface area contributed by atoms with E-state index in [0.29, 0.717) is 29.6 Å². The average Bonchev–Trinajstić information content (AvgIpc) is 2.78. The Bertz CT molecular complexity index is 1030. The second-order valence-electron chi connectivity index (χ2n) is 15.3. The second-order valence-corrected chi connectivity index (χ2v) is 15.3. The Kier molecular flexibility index (Phi) is 5.00. The average molecular weight is 497 g/mol. The predicted octanol–water partition coefficient (Wildman–Crippen LogP) is 7.11. The number of hydrogen-bond donors (Lipinski definition) is 0. The number of carbonyl (C=O) groups is 2. The highest BCUT2D eigenvalue weighted by Crippen LogP contribution is 2.79. The van der Waals surface area contributed by atoms with E-state index in [2.05, 4.69) is 60.6 Å². The topological polar surface area (TPSA) is 52.6 Å². The van der Waals surface area contributed by atoms with E-state index in [0.717, 1.165) is 38.5 Å². The highest BCUT2D eigenvalue weighted by molar-refractivity contribution is 5.86. The molecular formula is C32H48O4. The molecule has 0 bridgehead atoms. The lowest BCUT2D eigenvalue weighted by Crippen LogP contribution is -2.81. The van der Waals surface area contributed by atoms with Crippen molar-refractivity contribution < 1.29 is 19.1 Å².